The van der Waals surface area contributed by atoms with Gasteiger partial charge in [0.2, 0.25) is 5.91 Å². The van der Waals surface area contributed by atoms with E-state index in [1.54, 1.807) is 6.07 Å². The van der Waals surface area contributed by atoms with Crippen molar-refractivity contribution in [2.45, 2.75) is 26.4 Å². The summed E-state index contributed by atoms with van der Waals surface area (Å²) in [5, 5.41) is 2.91. The highest BCUT2D eigenvalue weighted by Crippen LogP contribution is 2.23. The van der Waals surface area contributed by atoms with Crippen LogP contribution in [0.2, 0.25) is 0 Å². The molecular weight excluding hydrogens is 216 g/mol. The molecule has 1 heterocycles. The summed E-state index contributed by atoms with van der Waals surface area (Å²) >= 11 is 0. The van der Waals surface area contributed by atoms with Crippen LogP contribution in [0.5, 0.6) is 0 Å². The van der Waals surface area contributed by atoms with Crippen LogP contribution in [0.4, 0.5) is 11.4 Å². The number of nitrogens with one attached hydrogen (secondary N) is 1. The minimum atomic E-state index is -0.0502. The van der Waals surface area contributed by atoms with Crippen LogP contribution in [0, 0.1) is 12.8 Å². The van der Waals surface area contributed by atoms with Crippen LogP contribution >= 0.6 is 0 Å². The van der Waals surface area contributed by atoms with E-state index >= 15 is 0 Å². The molecule has 17 heavy (non-hydrogen) atoms. The Balaban J connectivity index is 2.05. The molecule has 1 amide bonds. The van der Waals surface area contributed by atoms with Crippen LogP contribution < -0.4 is 11.1 Å². The van der Waals surface area contributed by atoms with E-state index in [1.165, 1.54) is 0 Å². The lowest BCUT2D eigenvalue weighted by Gasteiger charge is -2.12. The largest absolute Gasteiger partial charge is 0.399 e. The predicted octanol–water partition coefficient (Wildman–Crippen LogP) is 1.94. The Morgan fingerprint density at radius 1 is 1.53 bits per heavy atom. The number of rotatable bonds is 2. The van der Waals surface area contributed by atoms with Crippen LogP contribution in [-0.4, -0.2) is 18.6 Å². The van der Waals surface area contributed by atoms with Gasteiger partial charge < -0.3 is 15.8 Å². The Kier molecular flexibility index (Phi) is 3.33. The van der Waals surface area contributed by atoms with E-state index < -0.39 is 0 Å². The number of benzene rings is 1. The van der Waals surface area contributed by atoms with Gasteiger partial charge in [0.05, 0.1) is 18.6 Å². The van der Waals surface area contributed by atoms with Gasteiger partial charge in [-0.05, 0) is 38.0 Å². The molecule has 4 heteroatoms. The van der Waals surface area contributed by atoms with Gasteiger partial charge in [-0.3, -0.25) is 4.79 Å². The number of amides is 1. The number of nitrogens with two attached hydrogens (primary N) is 1. The topological polar surface area (TPSA) is 64.3 Å². The highest BCUT2D eigenvalue weighted by atomic mass is 16.5. The standard InChI is InChI=1S/C13H18N2O2/c1-8-3-4-11(14)6-12(8)15-13(16)10-5-9(2)17-7-10/h3-4,6,9-10H,5,7,14H2,1-2H3,(H,15,16). The number of hydrogen-bond acceptors (Lipinski definition) is 3. The second-order valence-corrected chi connectivity index (χ2v) is 4.64. The van der Waals surface area contributed by atoms with Crippen LogP contribution in [-0.2, 0) is 9.53 Å². The predicted molar refractivity (Wildman–Crippen MR) is 67.7 cm³/mol. The minimum absolute atomic E-state index is 0.0167. The average molecular weight is 234 g/mol. The molecule has 2 rings (SSSR count). The monoisotopic (exact) mass is 234 g/mol. The molecule has 1 fully saturated rings. The van der Waals surface area contributed by atoms with Gasteiger partial charge in [0.1, 0.15) is 0 Å². The smallest absolute Gasteiger partial charge is 0.229 e. The first kappa shape index (κ1) is 11.9. The number of nitrogen functional groups attached to an aromatic ring is 1. The molecule has 0 radical (unpaired) electrons. The van der Waals surface area contributed by atoms with Crippen molar-refractivity contribution in [1.29, 1.82) is 0 Å². The van der Waals surface area contributed by atoms with Crippen molar-refractivity contribution in [1.82, 2.24) is 0 Å². The molecule has 92 valence electrons. The minimum Gasteiger partial charge on any atom is -0.399 e. The van der Waals surface area contributed by atoms with E-state index in [0.717, 1.165) is 17.7 Å². The van der Waals surface area contributed by atoms with Crippen molar-refractivity contribution in [3.63, 3.8) is 0 Å². The van der Waals surface area contributed by atoms with Crippen LogP contribution in [0.25, 0.3) is 0 Å². The molecule has 0 spiro atoms. The van der Waals surface area contributed by atoms with Gasteiger partial charge in [-0.25, -0.2) is 0 Å². The highest BCUT2D eigenvalue weighted by molar-refractivity contribution is 5.94. The summed E-state index contributed by atoms with van der Waals surface area (Å²) in [6.07, 6.45) is 0.959. The lowest BCUT2D eigenvalue weighted by atomic mass is 10.0. The SMILES string of the molecule is Cc1ccc(N)cc1NC(=O)C1COC(C)C1. The molecule has 4 nitrogen and oxygen atoms in total. The van der Waals surface area contributed by atoms with E-state index in [0.29, 0.717) is 12.3 Å². The van der Waals surface area contributed by atoms with Crippen molar-refractivity contribution in [2.24, 2.45) is 5.92 Å². The quantitative estimate of drug-likeness (QED) is 0.769. The lowest BCUT2D eigenvalue weighted by Crippen LogP contribution is -2.23. The Labute approximate surface area is 101 Å². The summed E-state index contributed by atoms with van der Waals surface area (Å²) in [5.74, 6) is -0.0334. The molecule has 0 aromatic heterocycles. The maximum absolute atomic E-state index is 12.0. The van der Waals surface area contributed by atoms with Crippen molar-refractivity contribution in [3.05, 3.63) is 23.8 Å². The molecule has 2 unspecified atom stereocenters. The number of carbonyl (C=O) groups is 1. The molecule has 0 bridgehead atoms. The van der Waals surface area contributed by atoms with Gasteiger partial charge in [-0.2, -0.15) is 0 Å². The Bertz CT molecular complexity index is 431. The molecule has 1 aromatic rings. The van der Waals surface area contributed by atoms with E-state index in [1.807, 2.05) is 26.0 Å². The first-order valence-electron chi connectivity index (χ1n) is 5.85. The van der Waals surface area contributed by atoms with Gasteiger partial charge in [-0.15, -0.1) is 0 Å². The normalized spacial score (nSPS) is 23.6. The number of ether oxygens (including phenoxy) is 1. The summed E-state index contributed by atoms with van der Waals surface area (Å²) in [7, 11) is 0. The van der Waals surface area contributed by atoms with E-state index in [-0.39, 0.29) is 17.9 Å². The molecule has 1 aromatic carbocycles. The third-order valence-electron chi connectivity index (χ3n) is 3.09. The number of anilines is 2. The molecule has 1 saturated heterocycles. The molecule has 0 aliphatic carbocycles. The van der Waals surface area contributed by atoms with Gasteiger partial charge in [-0.1, -0.05) is 6.07 Å². The highest BCUT2D eigenvalue weighted by Gasteiger charge is 2.28. The van der Waals surface area contributed by atoms with Crippen molar-refractivity contribution < 1.29 is 9.53 Å². The van der Waals surface area contributed by atoms with E-state index in [9.17, 15) is 4.79 Å². The fourth-order valence-electron chi connectivity index (χ4n) is 2.01. The average Bonchev–Trinajstić information content (AvgIpc) is 2.70. The van der Waals surface area contributed by atoms with Gasteiger partial charge in [0.15, 0.2) is 0 Å². The first-order chi connectivity index (χ1) is 8.06. The molecule has 0 saturated carbocycles. The van der Waals surface area contributed by atoms with Crippen molar-refractivity contribution >= 4 is 17.3 Å². The maximum Gasteiger partial charge on any atom is 0.229 e. The van der Waals surface area contributed by atoms with Gasteiger partial charge in [0.25, 0.3) is 0 Å². The third kappa shape index (κ3) is 2.77. The molecule has 2 atom stereocenters. The van der Waals surface area contributed by atoms with Crippen molar-refractivity contribution in [2.75, 3.05) is 17.7 Å². The second kappa shape index (κ2) is 4.75. The summed E-state index contributed by atoms with van der Waals surface area (Å²) in [6.45, 7) is 4.44. The number of aryl methyl sites for hydroxylation is 1. The summed E-state index contributed by atoms with van der Waals surface area (Å²) in [6, 6.07) is 5.51. The lowest BCUT2D eigenvalue weighted by molar-refractivity contribution is -0.119. The van der Waals surface area contributed by atoms with E-state index in [2.05, 4.69) is 5.32 Å². The van der Waals surface area contributed by atoms with E-state index in [4.69, 9.17) is 10.5 Å². The first-order valence-corrected chi connectivity index (χ1v) is 5.85. The zero-order valence-electron chi connectivity index (χ0n) is 10.2. The van der Waals surface area contributed by atoms with Crippen LogP contribution in [0.3, 0.4) is 0 Å². The summed E-state index contributed by atoms with van der Waals surface area (Å²) in [5.41, 5.74) is 8.16. The Hall–Kier alpha value is -1.55. The fraction of sp³-hybridized carbons (Fsp3) is 0.462. The Morgan fingerprint density at radius 3 is 2.94 bits per heavy atom. The molecule has 3 N–H and O–H groups in total. The third-order valence-corrected chi connectivity index (χ3v) is 3.09. The van der Waals surface area contributed by atoms with Crippen LogP contribution in [0.1, 0.15) is 18.9 Å². The van der Waals surface area contributed by atoms with Gasteiger partial charge in [0, 0.05) is 11.4 Å². The molecule has 1 aliphatic rings. The second-order valence-electron chi connectivity index (χ2n) is 4.64. The zero-order chi connectivity index (χ0) is 12.4. The number of carbonyl (C=O) groups excluding carboxylic acids is 1. The molecular formula is C13H18N2O2. The maximum atomic E-state index is 12.0. The van der Waals surface area contributed by atoms with Crippen LogP contribution in [0.15, 0.2) is 18.2 Å². The van der Waals surface area contributed by atoms with Gasteiger partial charge >= 0.3 is 0 Å². The Morgan fingerprint density at radius 2 is 2.29 bits per heavy atom. The van der Waals surface area contributed by atoms with Crippen molar-refractivity contribution in [3.8, 4) is 0 Å². The summed E-state index contributed by atoms with van der Waals surface area (Å²) < 4.78 is 5.39. The zero-order valence-corrected chi connectivity index (χ0v) is 10.2. The number of hydrogen-bond donors (Lipinski definition) is 2. The molecule has 1 aliphatic heterocycles. The fourth-order valence-corrected chi connectivity index (χ4v) is 2.01. The summed E-state index contributed by atoms with van der Waals surface area (Å²) in [4.78, 5) is 12.0.